The molecular formula is C11H14N2O3. The third-order valence-corrected chi connectivity index (χ3v) is 2.12. The molecule has 16 heavy (non-hydrogen) atoms. The van der Waals surface area contributed by atoms with E-state index in [2.05, 4.69) is 5.32 Å². The summed E-state index contributed by atoms with van der Waals surface area (Å²) in [4.78, 5) is 21.8. The van der Waals surface area contributed by atoms with E-state index < -0.39 is 11.6 Å². The van der Waals surface area contributed by atoms with Crippen LogP contribution in [0.15, 0.2) is 30.3 Å². The van der Waals surface area contributed by atoms with Crippen LogP contribution in [-0.2, 0) is 15.3 Å². The Bertz CT molecular complexity index is 373. The van der Waals surface area contributed by atoms with E-state index in [9.17, 15) is 9.59 Å². The predicted octanol–water partition coefficient (Wildman–Crippen LogP) is 0.409. The van der Waals surface area contributed by atoms with Gasteiger partial charge in [-0.2, -0.15) is 0 Å². The molecule has 1 atom stereocenters. The molecule has 0 aromatic heterocycles. The molecule has 1 amide bonds. The van der Waals surface area contributed by atoms with Crippen LogP contribution in [0.2, 0.25) is 0 Å². The zero-order valence-corrected chi connectivity index (χ0v) is 8.93. The lowest BCUT2D eigenvalue weighted by molar-refractivity contribution is -0.139. The molecule has 0 heterocycles. The zero-order valence-electron chi connectivity index (χ0n) is 8.93. The van der Waals surface area contributed by atoms with Crippen LogP contribution in [0.5, 0.6) is 0 Å². The van der Waals surface area contributed by atoms with Gasteiger partial charge in [0.1, 0.15) is 5.66 Å². The second kappa shape index (κ2) is 4.76. The van der Waals surface area contributed by atoms with Gasteiger partial charge in [-0.05, 0) is 5.56 Å². The van der Waals surface area contributed by atoms with E-state index in [0.29, 0.717) is 5.56 Å². The number of nitrogens with one attached hydrogen (secondary N) is 1. The molecule has 0 aliphatic rings. The SMILES string of the molecule is CC(=O)NC(N)(CC(=O)O)c1ccccc1. The van der Waals surface area contributed by atoms with E-state index >= 15 is 0 Å². The van der Waals surface area contributed by atoms with Crippen LogP contribution in [0.3, 0.4) is 0 Å². The quantitative estimate of drug-likeness (QED) is 0.643. The first kappa shape index (κ1) is 12.2. The first-order chi connectivity index (χ1) is 7.44. The Balaban J connectivity index is 3.04. The van der Waals surface area contributed by atoms with Gasteiger partial charge in [0, 0.05) is 6.92 Å². The van der Waals surface area contributed by atoms with Gasteiger partial charge in [-0.25, -0.2) is 0 Å². The third kappa shape index (κ3) is 3.06. The highest BCUT2D eigenvalue weighted by Gasteiger charge is 2.30. The summed E-state index contributed by atoms with van der Waals surface area (Å²) in [6, 6.07) is 8.62. The van der Waals surface area contributed by atoms with Crippen molar-refractivity contribution in [3.8, 4) is 0 Å². The van der Waals surface area contributed by atoms with Crippen LogP contribution in [0, 0.1) is 0 Å². The van der Waals surface area contributed by atoms with Gasteiger partial charge in [-0.15, -0.1) is 0 Å². The van der Waals surface area contributed by atoms with Crippen LogP contribution in [-0.4, -0.2) is 17.0 Å². The molecule has 5 heteroatoms. The van der Waals surface area contributed by atoms with Gasteiger partial charge in [-0.3, -0.25) is 9.59 Å². The van der Waals surface area contributed by atoms with E-state index in [4.69, 9.17) is 10.8 Å². The summed E-state index contributed by atoms with van der Waals surface area (Å²) < 4.78 is 0. The Labute approximate surface area is 93.3 Å². The summed E-state index contributed by atoms with van der Waals surface area (Å²) in [6.07, 6.45) is -0.364. The molecule has 0 fully saturated rings. The van der Waals surface area contributed by atoms with Gasteiger partial charge in [0.25, 0.3) is 0 Å². The van der Waals surface area contributed by atoms with Crippen molar-refractivity contribution in [1.29, 1.82) is 0 Å². The first-order valence-corrected chi connectivity index (χ1v) is 4.79. The third-order valence-electron chi connectivity index (χ3n) is 2.12. The van der Waals surface area contributed by atoms with Crippen LogP contribution in [0.25, 0.3) is 0 Å². The zero-order chi connectivity index (χ0) is 12.2. The van der Waals surface area contributed by atoms with Crippen LogP contribution in [0.4, 0.5) is 0 Å². The predicted molar refractivity (Wildman–Crippen MR) is 58.4 cm³/mol. The molecule has 0 aliphatic carbocycles. The Morgan fingerprint density at radius 1 is 1.38 bits per heavy atom. The van der Waals surface area contributed by atoms with Gasteiger partial charge < -0.3 is 16.2 Å². The molecule has 1 unspecified atom stereocenters. The van der Waals surface area contributed by atoms with E-state index in [0.717, 1.165) is 0 Å². The van der Waals surface area contributed by atoms with Gasteiger partial charge in [0.05, 0.1) is 6.42 Å². The number of amides is 1. The van der Waals surface area contributed by atoms with Crippen LogP contribution >= 0.6 is 0 Å². The van der Waals surface area contributed by atoms with Crippen molar-refractivity contribution in [1.82, 2.24) is 5.32 Å². The fourth-order valence-electron chi connectivity index (χ4n) is 1.51. The van der Waals surface area contributed by atoms with Gasteiger partial charge in [0.15, 0.2) is 0 Å². The highest BCUT2D eigenvalue weighted by atomic mass is 16.4. The van der Waals surface area contributed by atoms with E-state index in [-0.39, 0.29) is 12.3 Å². The first-order valence-electron chi connectivity index (χ1n) is 4.79. The number of nitrogens with two attached hydrogens (primary N) is 1. The molecule has 0 saturated carbocycles. The number of carboxylic acids is 1. The molecular weight excluding hydrogens is 208 g/mol. The minimum absolute atomic E-state index is 0.364. The van der Waals surface area contributed by atoms with E-state index in [1.807, 2.05) is 0 Å². The molecule has 0 radical (unpaired) electrons. The minimum Gasteiger partial charge on any atom is -0.481 e. The maximum atomic E-state index is 11.0. The summed E-state index contributed by atoms with van der Waals surface area (Å²) in [7, 11) is 0. The summed E-state index contributed by atoms with van der Waals surface area (Å²) in [6.45, 7) is 1.30. The largest absolute Gasteiger partial charge is 0.481 e. The summed E-state index contributed by atoms with van der Waals surface area (Å²) in [5.74, 6) is -1.44. The lowest BCUT2D eigenvalue weighted by atomic mass is 9.96. The highest BCUT2D eigenvalue weighted by molar-refractivity contribution is 5.76. The number of rotatable bonds is 4. The fraction of sp³-hybridized carbons (Fsp3) is 0.273. The topological polar surface area (TPSA) is 92.4 Å². The van der Waals surface area contributed by atoms with Crippen molar-refractivity contribution >= 4 is 11.9 Å². The molecule has 1 aromatic carbocycles. The number of carbonyl (C=O) groups is 2. The van der Waals surface area contributed by atoms with Crippen molar-refractivity contribution in [3.63, 3.8) is 0 Å². The summed E-state index contributed by atoms with van der Waals surface area (Å²) in [5, 5.41) is 11.3. The van der Waals surface area contributed by atoms with Gasteiger partial charge >= 0.3 is 5.97 Å². The minimum atomic E-state index is -1.36. The van der Waals surface area contributed by atoms with Gasteiger partial charge in [-0.1, -0.05) is 30.3 Å². The lowest BCUT2D eigenvalue weighted by Crippen LogP contribution is -2.53. The van der Waals surface area contributed by atoms with Crippen molar-refractivity contribution in [2.45, 2.75) is 19.0 Å². The monoisotopic (exact) mass is 222 g/mol. The number of hydrogen-bond donors (Lipinski definition) is 3. The Morgan fingerprint density at radius 3 is 2.38 bits per heavy atom. The second-order valence-electron chi connectivity index (χ2n) is 3.59. The second-order valence-corrected chi connectivity index (χ2v) is 3.59. The maximum absolute atomic E-state index is 11.0. The molecule has 0 aliphatic heterocycles. The Morgan fingerprint density at radius 2 is 1.94 bits per heavy atom. The molecule has 0 bridgehead atoms. The lowest BCUT2D eigenvalue weighted by Gasteiger charge is -2.29. The molecule has 0 spiro atoms. The molecule has 4 N–H and O–H groups in total. The Kier molecular flexibility index (Phi) is 3.63. The van der Waals surface area contributed by atoms with Crippen molar-refractivity contribution in [2.24, 2.45) is 5.73 Å². The van der Waals surface area contributed by atoms with Gasteiger partial charge in [0.2, 0.25) is 5.91 Å². The van der Waals surface area contributed by atoms with Crippen molar-refractivity contribution in [3.05, 3.63) is 35.9 Å². The number of carbonyl (C=O) groups excluding carboxylic acids is 1. The normalized spacial score (nSPS) is 13.9. The fourth-order valence-corrected chi connectivity index (χ4v) is 1.51. The number of hydrogen-bond acceptors (Lipinski definition) is 3. The van der Waals surface area contributed by atoms with E-state index in [1.165, 1.54) is 6.92 Å². The standard InChI is InChI=1S/C11H14N2O3/c1-8(14)13-11(12,7-10(15)16)9-5-3-2-4-6-9/h2-6H,7,12H2,1H3,(H,13,14)(H,15,16). The van der Waals surface area contributed by atoms with Crippen LogP contribution < -0.4 is 11.1 Å². The molecule has 5 nitrogen and oxygen atoms in total. The summed E-state index contributed by atoms with van der Waals surface area (Å²) >= 11 is 0. The molecule has 1 aromatic rings. The number of benzene rings is 1. The summed E-state index contributed by atoms with van der Waals surface area (Å²) in [5.41, 5.74) is 5.11. The van der Waals surface area contributed by atoms with Crippen LogP contribution in [0.1, 0.15) is 18.9 Å². The average Bonchev–Trinajstić information content (AvgIpc) is 2.16. The maximum Gasteiger partial charge on any atom is 0.307 e. The molecule has 1 rings (SSSR count). The van der Waals surface area contributed by atoms with E-state index in [1.54, 1.807) is 30.3 Å². The van der Waals surface area contributed by atoms with Crippen molar-refractivity contribution < 1.29 is 14.7 Å². The highest BCUT2D eigenvalue weighted by Crippen LogP contribution is 2.18. The molecule has 86 valence electrons. The number of aliphatic carboxylic acids is 1. The number of carboxylic acid groups (broad SMARTS) is 1. The van der Waals surface area contributed by atoms with Crippen molar-refractivity contribution in [2.75, 3.05) is 0 Å². The smallest absolute Gasteiger partial charge is 0.307 e. The molecule has 0 saturated heterocycles. The Hall–Kier alpha value is -1.88. The average molecular weight is 222 g/mol.